The molecule has 0 amide bonds. The average molecular weight is 895 g/mol. The summed E-state index contributed by atoms with van der Waals surface area (Å²) in [6, 6.07) is 86.9. The summed E-state index contributed by atoms with van der Waals surface area (Å²) in [6.07, 6.45) is 0. The minimum absolute atomic E-state index is 0.0563. The van der Waals surface area contributed by atoms with E-state index in [1.165, 1.54) is 66.4 Å². The molecule has 0 saturated carbocycles. The lowest BCUT2D eigenvalue weighted by atomic mass is 9.81. The predicted octanol–water partition coefficient (Wildman–Crippen LogP) is 16.9. The second-order valence-electron chi connectivity index (χ2n) is 18.8. The van der Waals surface area contributed by atoms with Gasteiger partial charge in [0.05, 0.1) is 11.0 Å². The van der Waals surface area contributed by atoms with Crippen molar-refractivity contribution in [2.75, 3.05) is 0 Å². The van der Waals surface area contributed by atoms with Crippen LogP contribution in [0.5, 0.6) is 0 Å². The molecule has 12 aromatic rings. The van der Waals surface area contributed by atoms with Gasteiger partial charge < -0.3 is 4.57 Å². The van der Waals surface area contributed by atoms with Crippen LogP contribution >= 0.6 is 0 Å². The topological polar surface area (TPSA) is 43.6 Å². The average Bonchev–Trinajstić information content (AvgIpc) is 3.88. The van der Waals surface area contributed by atoms with Crippen molar-refractivity contribution in [1.82, 2.24) is 19.5 Å². The van der Waals surface area contributed by atoms with Gasteiger partial charge in [-0.2, -0.15) is 0 Å². The van der Waals surface area contributed by atoms with Crippen molar-refractivity contribution in [3.63, 3.8) is 0 Å². The normalized spacial score (nSPS) is 12.5. The van der Waals surface area contributed by atoms with E-state index < -0.39 is 0 Å². The first-order chi connectivity index (χ1) is 34.4. The molecule has 330 valence electrons. The predicted molar refractivity (Wildman–Crippen MR) is 290 cm³/mol. The van der Waals surface area contributed by atoms with Crippen molar-refractivity contribution in [2.45, 2.75) is 19.3 Å². The van der Waals surface area contributed by atoms with Gasteiger partial charge in [0.25, 0.3) is 0 Å². The first-order valence-corrected chi connectivity index (χ1v) is 24.0. The molecule has 0 atom stereocenters. The van der Waals surface area contributed by atoms with Crippen molar-refractivity contribution < 1.29 is 0 Å². The molecule has 2 aromatic heterocycles. The highest BCUT2D eigenvalue weighted by molar-refractivity contribution is 6.10. The summed E-state index contributed by atoms with van der Waals surface area (Å²) in [7, 11) is 0. The SMILES string of the molecule is CC1(C)c2ccccc2-c2ccc(-c3cccc(-c4ccc5c6ccccc6n(-c6ccc(-c7nc(-c8ccc(-c9ccccc9)cc8)nc(-c8ccc(-c9ccccc9)cc8)n7)cc6)c5c4)c3)cc21. The third kappa shape index (κ3) is 7.12. The number of hydrogen-bond acceptors (Lipinski definition) is 3. The number of hydrogen-bond donors (Lipinski definition) is 0. The van der Waals surface area contributed by atoms with Crippen LogP contribution in [0.1, 0.15) is 25.0 Å². The molecule has 0 spiro atoms. The van der Waals surface area contributed by atoms with Crippen molar-refractivity contribution in [1.29, 1.82) is 0 Å². The Balaban J connectivity index is 0.871. The molecule has 0 aliphatic heterocycles. The molecule has 0 N–H and O–H groups in total. The van der Waals surface area contributed by atoms with Gasteiger partial charge in [-0.05, 0) is 115 Å². The maximum atomic E-state index is 5.14. The molecule has 2 heterocycles. The molecular weight excluding hydrogens is 849 g/mol. The summed E-state index contributed by atoms with van der Waals surface area (Å²) in [6.45, 7) is 4.69. The summed E-state index contributed by atoms with van der Waals surface area (Å²) in [5.41, 5.74) is 20.9. The van der Waals surface area contributed by atoms with Crippen LogP contribution < -0.4 is 0 Å². The second kappa shape index (κ2) is 16.7. The van der Waals surface area contributed by atoms with Gasteiger partial charge in [-0.15, -0.1) is 0 Å². The van der Waals surface area contributed by atoms with Gasteiger partial charge in [-0.3, -0.25) is 0 Å². The first kappa shape index (κ1) is 41.2. The monoisotopic (exact) mass is 894 g/mol. The first-order valence-electron chi connectivity index (χ1n) is 24.0. The summed E-state index contributed by atoms with van der Waals surface area (Å²) in [5.74, 6) is 1.87. The lowest BCUT2D eigenvalue weighted by molar-refractivity contribution is 0.660. The summed E-state index contributed by atoms with van der Waals surface area (Å²) in [5, 5.41) is 2.43. The lowest BCUT2D eigenvalue weighted by Gasteiger charge is -2.22. The minimum Gasteiger partial charge on any atom is -0.309 e. The number of benzene rings is 10. The van der Waals surface area contributed by atoms with Crippen molar-refractivity contribution in [3.05, 3.63) is 254 Å². The number of rotatable bonds is 8. The highest BCUT2D eigenvalue weighted by Gasteiger charge is 2.35. The van der Waals surface area contributed by atoms with E-state index >= 15 is 0 Å². The zero-order chi connectivity index (χ0) is 46.8. The van der Waals surface area contributed by atoms with Gasteiger partial charge in [0.15, 0.2) is 17.5 Å². The van der Waals surface area contributed by atoms with E-state index in [1.54, 1.807) is 0 Å². The fourth-order valence-corrected chi connectivity index (χ4v) is 10.6. The molecule has 0 saturated heterocycles. The molecule has 13 rings (SSSR count). The number of para-hydroxylation sites is 1. The molecule has 0 radical (unpaired) electrons. The van der Waals surface area contributed by atoms with Crippen LogP contribution in [-0.4, -0.2) is 19.5 Å². The Morgan fingerprint density at radius 3 is 1.31 bits per heavy atom. The lowest BCUT2D eigenvalue weighted by Crippen LogP contribution is -2.14. The molecule has 0 bridgehead atoms. The van der Waals surface area contributed by atoms with Gasteiger partial charge >= 0.3 is 0 Å². The Kier molecular flexibility index (Phi) is 9.81. The Morgan fingerprint density at radius 2 is 0.700 bits per heavy atom. The molecule has 10 aromatic carbocycles. The number of fused-ring (bicyclic) bond motifs is 6. The standard InChI is InChI=1S/C66H46N4/c1-66(2)59-22-11-9-20-55(59)56-38-34-52(41-60(56)66)50-18-13-19-51(40-50)53-35-39-58-57-21-10-12-23-61(57)70(62(58)42-53)54-36-32-49(33-37-54)65-68-63(47-28-24-45(25-29-47)43-14-5-3-6-15-43)67-64(69-65)48-30-26-46(27-31-48)44-16-7-4-8-17-44/h3-42H,1-2H3. The summed E-state index contributed by atoms with van der Waals surface area (Å²) >= 11 is 0. The van der Waals surface area contributed by atoms with Crippen molar-refractivity contribution in [2.24, 2.45) is 0 Å². The maximum absolute atomic E-state index is 5.14. The quantitative estimate of drug-likeness (QED) is 0.153. The smallest absolute Gasteiger partial charge is 0.164 e. The van der Waals surface area contributed by atoms with Gasteiger partial charge in [0.2, 0.25) is 0 Å². The molecule has 70 heavy (non-hydrogen) atoms. The van der Waals surface area contributed by atoms with Gasteiger partial charge in [-0.25, -0.2) is 15.0 Å². The zero-order valence-corrected chi connectivity index (χ0v) is 38.9. The van der Waals surface area contributed by atoms with E-state index in [0.29, 0.717) is 17.5 Å². The largest absolute Gasteiger partial charge is 0.309 e. The Bertz CT molecular complexity index is 3820. The van der Waals surface area contributed by atoms with Crippen LogP contribution in [0, 0.1) is 0 Å². The highest BCUT2D eigenvalue weighted by atomic mass is 15.0. The fourth-order valence-electron chi connectivity index (χ4n) is 10.6. The molecule has 0 fully saturated rings. The van der Waals surface area contributed by atoms with Gasteiger partial charge in [-0.1, -0.05) is 208 Å². The molecule has 1 aliphatic carbocycles. The van der Waals surface area contributed by atoms with E-state index in [9.17, 15) is 0 Å². The van der Waals surface area contributed by atoms with E-state index in [1.807, 2.05) is 12.1 Å². The summed E-state index contributed by atoms with van der Waals surface area (Å²) < 4.78 is 2.38. The van der Waals surface area contributed by atoms with Crippen LogP contribution in [0.4, 0.5) is 0 Å². The molecule has 4 heteroatoms. The van der Waals surface area contributed by atoms with E-state index in [0.717, 1.165) is 44.5 Å². The number of nitrogens with zero attached hydrogens (tertiary/aromatic N) is 4. The summed E-state index contributed by atoms with van der Waals surface area (Å²) in [4.78, 5) is 15.4. The fraction of sp³-hybridized carbons (Fsp3) is 0.0455. The Hall–Kier alpha value is -8.99. The maximum Gasteiger partial charge on any atom is 0.164 e. The van der Waals surface area contributed by atoms with Crippen LogP contribution in [0.15, 0.2) is 243 Å². The third-order valence-corrected chi connectivity index (χ3v) is 14.3. The van der Waals surface area contributed by atoms with Crippen LogP contribution in [-0.2, 0) is 5.41 Å². The Labute approximate surface area is 407 Å². The third-order valence-electron chi connectivity index (χ3n) is 14.3. The Morgan fingerprint density at radius 1 is 0.286 bits per heavy atom. The highest BCUT2D eigenvalue weighted by Crippen LogP contribution is 2.49. The van der Waals surface area contributed by atoms with E-state index in [2.05, 4.69) is 249 Å². The molecule has 4 nitrogen and oxygen atoms in total. The molecule has 1 aliphatic rings. The van der Waals surface area contributed by atoms with Crippen LogP contribution in [0.25, 0.3) is 117 Å². The molecular formula is C66H46N4. The van der Waals surface area contributed by atoms with Gasteiger partial charge in [0, 0.05) is 38.6 Å². The van der Waals surface area contributed by atoms with E-state index in [4.69, 9.17) is 15.0 Å². The van der Waals surface area contributed by atoms with Crippen molar-refractivity contribution in [3.8, 4) is 95.5 Å². The van der Waals surface area contributed by atoms with Gasteiger partial charge in [0.1, 0.15) is 0 Å². The van der Waals surface area contributed by atoms with Crippen LogP contribution in [0.2, 0.25) is 0 Å². The minimum atomic E-state index is -0.0563. The number of aromatic nitrogens is 4. The second-order valence-corrected chi connectivity index (χ2v) is 18.8. The van der Waals surface area contributed by atoms with Crippen molar-refractivity contribution >= 4 is 21.8 Å². The molecule has 0 unspecified atom stereocenters. The van der Waals surface area contributed by atoms with E-state index in [-0.39, 0.29) is 5.41 Å². The van der Waals surface area contributed by atoms with Crippen LogP contribution in [0.3, 0.4) is 0 Å². The zero-order valence-electron chi connectivity index (χ0n) is 38.9.